The summed E-state index contributed by atoms with van der Waals surface area (Å²) in [5.74, 6) is 0. The third kappa shape index (κ3) is 1.20. The Kier molecular flexibility index (Phi) is 2.01. The first kappa shape index (κ1) is 7.99. The molecule has 0 amide bonds. The zero-order valence-electron chi connectivity index (χ0n) is 7.34. The van der Waals surface area contributed by atoms with Gasteiger partial charge >= 0.3 is 0 Å². The van der Waals surface area contributed by atoms with Crippen molar-refractivity contribution in [2.45, 2.75) is 25.7 Å². The fraction of sp³-hybridized carbons (Fsp3) is 0.500. The molecule has 0 aliphatic heterocycles. The number of rotatable bonds is 0. The Morgan fingerprint density at radius 1 is 1.25 bits per heavy atom. The molecule has 0 spiro atoms. The van der Waals surface area contributed by atoms with E-state index in [9.17, 15) is 0 Å². The normalized spacial score (nSPS) is 15.8. The van der Waals surface area contributed by atoms with Crippen LogP contribution in [0.25, 0.3) is 0 Å². The fourth-order valence-electron chi connectivity index (χ4n) is 1.89. The highest BCUT2D eigenvalue weighted by atomic mass is 32.1. The third-order valence-electron chi connectivity index (χ3n) is 2.64. The van der Waals surface area contributed by atoms with Gasteiger partial charge in [0, 0.05) is 12.7 Å². The van der Waals surface area contributed by atoms with Gasteiger partial charge in [-0.1, -0.05) is 18.3 Å². The molecule has 0 unspecified atom stereocenters. The van der Waals surface area contributed by atoms with Crippen molar-refractivity contribution in [3.63, 3.8) is 0 Å². The first-order chi connectivity index (χ1) is 5.79. The minimum atomic E-state index is 0.954. The molecule has 0 N–H and O–H groups in total. The SMILES string of the molecule is Cn1c2c(ccc1=S)CCCC2. The number of nitrogens with zero attached hydrogens (tertiary/aromatic N) is 1. The van der Waals surface area contributed by atoms with Crippen LogP contribution in [0.15, 0.2) is 12.1 Å². The van der Waals surface area contributed by atoms with E-state index >= 15 is 0 Å². The van der Waals surface area contributed by atoms with Crippen molar-refractivity contribution in [3.05, 3.63) is 28.0 Å². The standard InChI is InChI=1S/C10H13NS/c1-11-9-5-3-2-4-8(9)6-7-10(11)12/h6-7H,2-5H2,1H3. The number of aryl methyl sites for hydroxylation is 1. The zero-order chi connectivity index (χ0) is 8.55. The Bertz CT molecular complexity index is 351. The molecule has 1 nitrogen and oxygen atoms in total. The summed E-state index contributed by atoms with van der Waals surface area (Å²) in [4.78, 5) is 0. The van der Waals surface area contributed by atoms with Crippen LogP contribution in [0, 0.1) is 4.64 Å². The van der Waals surface area contributed by atoms with Gasteiger partial charge in [-0.05, 0) is 37.3 Å². The van der Waals surface area contributed by atoms with Gasteiger partial charge in [0.2, 0.25) is 0 Å². The van der Waals surface area contributed by atoms with Crippen LogP contribution in [0.3, 0.4) is 0 Å². The lowest BCUT2D eigenvalue weighted by atomic mass is 9.96. The predicted octanol–water partition coefficient (Wildman–Crippen LogP) is 2.63. The van der Waals surface area contributed by atoms with Gasteiger partial charge in [-0.3, -0.25) is 0 Å². The summed E-state index contributed by atoms with van der Waals surface area (Å²) >= 11 is 5.20. The van der Waals surface area contributed by atoms with Crippen LogP contribution in [-0.2, 0) is 19.9 Å². The van der Waals surface area contributed by atoms with Gasteiger partial charge in [0.1, 0.15) is 4.64 Å². The molecular weight excluding hydrogens is 166 g/mol. The molecule has 1 aliphatic carbocycles. The Labute approximate surface area is 78.0 Å². The van der Waals surface area contributed by atoms with Crippen LogP contribution in [0.5, 0.6) is 0 Å². The average Bonchev–Trinajstić information content (AvgIpc) is 2.12. The van der Waals surface area contributed by atoms with Crippen molar-refractivity contribution < 1.29 is 0 Å². The molecule has 1 aromatic rings. The summed E-state index contributed by atoms with van der Waals surface area (Å²) in [5.41, 5.74) is 2.95. The van der Waals surface area contributed by atoms with Crippen molar-refractivity contribution in [3.8, 4) is 0 Å². The van der Waals surface area contributed by atoms with E-state index in [1.165, 1.54) is 36.9 Å². The van der Waals surface area contributed by atoms with Crippen LogP contribution in [0.1, 0.15) is 24.1 Å². The van der Waals surface area contributed by atoms with Gasteiger partial charge in [-0.2, -0.15) is 0 Å². The molecule has 0 aromatic carbocycles. The number of pyridine rings is 1. The smallest absolute Gasteiger partial charge is 0.105 e. The van der Waals surface area contributed by atoms with E-state index in [2.05, 4.69) is 17.7 Å². The maximum atomic E-state index is 5.20. The lowest BCUT2D eigenvalue weighted by Crippen LogP contribution is -2.11. The molecule has 2 heteroatoms. The summed E-state index contributed by atoms with van der Waals surface area (Å²) in [6.07, 6.45) is 5.10. The van der Waals surface area contributed by atoms with Gasteiger partial charge in [-0.25, -0.2) is 0 Å². The Morgan fingerprint density at radius 3 is 2.83 bits per heavy atom. The number of fused-ring (bicyclic) bond motifs is 1. The molecule has 1 aliphatic rings. The summed E-state index contributed by atoms with van der Waals surface area (Å²) in [6.45, 7) is 0. The summed E-state index contributed by atoms with van der Waals surface area (Å²) < 4.78 is 3.11. The average molecular weight is 179 g/mol. The second-order valence-electron chi connectivity index (χ2n) is 3.41. The quantitative estimate of drug-likeness (QED) is 0.554. The van der Waals surface area contributed by atoms with Gasteiger partial charge in [-0.15, -0.1) is 0 Å². The zero-order valence-corrected chi connectivity index (χ0v) is 8.16. The molecule has 0 radical (unpaired) electrons. The van der Waals surface area contributed by atoms with Gasteiger partial charge in [0.25, 0.3) is 0 Å². The fourth-order valence-corrected chi connectivity index (χ4v) is 2.07. The summed E-state index contributed by atoms with van der Waals surface area (Å²) in [5, 5.41) is 0. The van der Waals surface area contributed by atoms with E-state index in [0.29, 0.717) is 0 Å². The van der Waals surface area contributed by atoms with E-state index in [-0.39, 0.29) is 0 Å². The van der Waals surface area contributed by atoms with Crippen LogP contribution in [0.4, 0.5) is 0 Å². The molecule has 1 heterocycles. The number of hydrogen-bond donors (Lipinski definition) is 0. The minimum Gasteiger partial charge on any atom is -0.339 e. The van der Waals surface area contributed by atoms with Crippen molar-refractivity contribution in [1.82, 2.24) is 4.57 Å². The second kappa shape index (κ2) is 3.02. The lowest BCUT2D eigenvalue weighted by Gasteiger charge is -2.18. The van der Waals surface area contributed by atoms with E-state index < -0.39 is 0 Å². The lowest BCUT2D eigenvalue weighted by molar-refractivity contribution is 0.628. The molecule has 64 valence electrons. The van der Waals surface area contributed by atoms with Crippen LogP contribution >= 0.6 is 12.2 Å². The van der Waals surface area contributed by atoms with Crippen LogP contribution < -0.4 is 0 Å². The molecule has 2 rings (SSSR count). The molecule has 0 bridgehead atoms. The third-order valence-corrected chi connectivity index (χ3v) is 3.05. The Hall–Kier alpha value is -0.630. The molecule has 0 atom stereocenters. The molecule has 1 aromatic heterocycles. The highest BCUT2D eigenvalue weighted by molar-refractivity contribution is 7.71. The Balaban J connectivity index is 2.61. The number of hydrogen-bond acceptors (Lipinski definition) is 1. The van der Waals surface area contributed by atoms with Crippen LogP contribution in [-0.4, -0.2) is 4.57 Å². The van der Waals surface area contributed by atoms with Crippen molar-refractivity contribution >= 4 is 12.2 Å². The first-order valence-corrected chi connectivity index (χ1v) is 4.87. The van der Waals surface area contributed by atoms with Gasteiger partial charge in [0.05, 0.1) is 0 Å². The van der Waals surface area contributed by atoms with Gasteiger partial charge < -0.3 is 4.57 Å². The molecule has 0 saturated heterocycles. The van der Waals surface area contributed by atoms with Gasteiger partial charge in [0.15, 0.2) is 0 Å². The molecule has 12 heavy (non-hydrogen) atoms. The van der Waals surface area contributed by atoms with E-state index in [1.807, 2.05) is 6.07 Å². The largest absolute Gasteiger partial charge is 0.339 e. The van der Waals surface area contributed by atoms with Crippen LogP contribution in [0.2, 0.25) is 0 Å². The predicted molar refractivity (Wildman–Crippen MR) is 52.9 cm³/mol. The maximum absolute atomic E-state index is 5.20. The number of aromatic nitrogens is 1. The maximum Gasteiger partial charge on any atom is 0.105 e. The minimum absolute atomic E-state index is 0.954. The highest BCUT2D eigenvalue weighted by Crippen LogP contribution is 2.20. The second-order valence-corrected chi connectivity index (χ2v) is 3.83. The Morgan fingerprint density at radius 2 is 2.00 bits per heavy atom. The van der Waals surface area contributed by atoms with Crippen molar-refractivity contribution in [1.29, 1.82) is 0 Å². The molecular formula is C10H13NS. The van der Waals surface area contributed by atoms with E-state index in [0.717, 1.165) is 4.64 Å². The molecule has 0 saturated carbocycles. The molecule has 0 fully saturated rings. The highest BCUT2D eigenvalue weighted by Gasteiger charge is 2.10. The van der Waals surface area contributed by atoms with Crippen molar-refractivity contribution in [2.75, 3.05) is 0 Å². The topological polar surface area (TPSA) is 4.93 Å². The van der Waals surface area contributed by atoms with E-state index in [4.69, 9.17) is 12.2 Å². The summed E-state index contributed by atoms with van der Waals surface area (Å²) in [7, 11) is 2.08. The summed E-state index contributed by atoms with van der Waals surface area (Å²) in [6, 6.07) is 4.23. The first-order valence-electron chi connectivity index (χ1n) is 4.47. The monoisotopic (exact) mass is 179 g/mol. The van der Waals surface area contributed by atoms with Crippen molar-refractivity contribution in [2.24, 2.45) is 7.05 Å². The van der Waals surface area contributed by atoms with E-state index in [1.54, 1.807) is 0 Å².